The number of anilines is 1. The number of amides is 1. The van der Waals surface area contributed by atoms with E-state index in [0.29, 0.717) is 10.0 Å². The first-order valence-electron chi connectivity index (χ1n) is 5.75. The highest BCUT2D eigenvalue weighted by molar-refractivity contribution is 9.10. The minimum Gasteiger partial charge on any atom is -0.478 e. The molecule has 0 spiro atoms. The van der Waals surface area contributed by atoms with Gasteiger partial charge >= 0.3 is 5.97 Å². The quantitative estimate of drug-likeness (QED) is 0.903. The summed E-state index contributed by atoms with van der Waals surface area (Å²) in [4.78, 5) is 27.1. The maximum Gasteiger partial charge on any atom is 0.339 e. The molecule has 0 radical (unpaired) electrons. The van der Waals surface area contributed by atoms with E-state index in [1.807, 2.05) is 13.0 Å². The van der Waals surface area contributed by atoms with Crippen LogP contribution in [0, 0.1) is 6.92 Å². The molecule has 1 heterocycles. The molecule has 1 aromatic carbocycles. The van der Waals surface area contributed by atoms with Gasteiger partial charge < -0.3 is 10.4 Å². The number of carbonyl (C=O) groups is 2. The lowest BCUT2D eigenvalue weighted by atomic mass is 10.1. The fraction of sp³-hybridized carbons (Fsp3) is 0.0714. The molecule has 0 aliphatic rings. The first kappa shape index (κ1) is 14.2. The number of nitrogens with one attached hydrogen (secondary N) is 1. The van der Waals surface area contributed by atoms with Gasteiger partial charge in [0.1, 0.15) is 11.4 Å². The van der Waals surface area contributed by atoms with Gasteiger partial charge in [-0.2, -0.15) is 0 Å². The summed E-state index contributed by atoms with van der Waals surface area (Å²) in [7, 11) is 0. The van der Waals surface area contributed by atoms with Gasteiger partial charge in [0.2, 0.25) is 0 Å². The Hall–Kier alpha value is -2.21. The van der Waals surface area contributed by atoms with Gasteiger partial charge in [-0.3, -0.25) is 4.79 Å². The van der Waals surface area contributed by atoms with Crippen molar-refractivity contribution < 1.29 is 14.7 Å². The topological polar surface area (TPSA) is 79.3 Å². The third-order valence-corrected chi connectivity index (χ3v) is 3.30. The molecule has 2 rings (SSSR count). The van der Waals surface area contributed by atoms with Crippen molar-refractivity contribution >= 4 is 33.6 Å². The Morgan fingerprint density at radius 3 is 2.65 bits per heavy atom. The predicted octanol–water partition coefficient (Wildman–Crippen LogP) is 3.10. The van der Waals surface area contributed by atoms with E-state index in [9.17, 15) is 9.59 Å². The number of benzene rings is 1. The van der Waals surface area contributed by atoms with E-state index in [1.165, 1.54) is 18.3 Å². The van der Waals surface area contributed by atoms with Crippen LogP contribution in [-0.2, 0) is 0 Å². The summed E-state index contributed by atoms with van der Waals surface area (Å²) in [5, 5.41) is 11.5. The van der Waals surface area contributed by atoms with Crippen molar-refractivity contribution in [3.63, 3.8) is 0 Å². The van der Waals surface area contributed by atoms with Crippen molar-refractivity contribution in [2.24, 2.45) is 0 Å². The van der Waals surface area contributed by atoms with Crippen LogP contribution < -0.4 is 5.32 Å². The Balaban J connectivity index is 2.30. The number of aromatic carboxylic acids is 1. The van der Waals surface area contributed by atoms with E-state index in [0.717, 1.165) is 5.56 Å². The molecule has 2 N–H and O–H groups in total. The summed E-state index contributed by atoms with van der Waals surface area (Å²) in [6.45, 7) is 1.91. The van der Waals surface area contributed by atoms with Gasteiger partial charge in [0.05, 0.1) is 5.56 Å². The molecule has 0 unspecified atom stereocenters. The first-order chi connectivity index (χ1) is 9.49. The number of carbonyl (C=O) groups excluding carboxylic acids is 1. The molecular weight excluding hydrogens is 324 g/mol. The van der Waals surface area contributed by atoms with Crippen LogP contribution in [0.5, 0.6) is 0 Å². The average molecular weight is 335 g/mol. The molecular formula is C14H11BrN2O3. The molecule has 0 saturated carbocycles. The Morgan fingerprint density at radius 2 is 2.00 bits per heavy atom. The molecule has 1 aromatic heterocycles. The minimum absolute atomic E-state index is 0.0254. The number of carboxylic acids is 1. The number of pyridine rings is 1. The number of rotatable bonds is 3. The average Bonchev–Trinajstić information content (AvgIpc) is 2.38. The van der Waals surface area contributed by atoms with Crippen molar-refractivity contribution in [2.45, 2.75) is 6.92 Å². The fourth-order valence-electron chi connectivity index (χ4n) is 1.66. The lowest BCUT2D eigenvalue weighted by Crippen LogP contribution is -2.16. The predicted molar refractivity (Wildman–Crippen MR) is 78.0 cm³/mol. The molecule has 5 nitrogen and oxygen atoms in total. The molecule has 0 saturated heterocycles. The second kappa shape index (κ2) is 5.83. The minimum atomic E-state index is -1.14. The molecule has 0 fully saturated rings. The Labute approximate surface area is 123 Å². The van der Waals surface area contributed by atoms with Crippen LogP contribution in [0.4, 0.5) is 5.82 Å². The van der Waals surface area contributed by atoms with E-state index >= 15 is 0 Å². The second-order valence-corrected chi connectivity index (χ2v) is 5.00. The van der Waals surface area contributed by atoms with Gasteiger partial charge in [-0.1, -0.05) is 6.07 Å². The summed E-state index contributed by atoms with van der Waals surface area (Å²) < 4.78 is 0.641. The van der Waals surface area contributed by atoms with Gasteiger partial charge in [-0.25, -0.2) is 9.78 Å². The fourth-order valence-corrected chi connectivity index (χ4v) is 2.33. The molecule has 0 atom stereocenters. The van der Waals surface area contributed by atoms with E-state index in [1.54, 1.807) is 12.1 Å². The third kappa shape index (κ3) is 3.03. The first-order valence-corrected chi connectivity index (χ1v) is 6.54. The van der Waals surface area contributed by atoms with Crippen LogP contribution in [-0.4, -0.2) is 22.0 Å². The van der Waals surface area contributed by atoms with Crippen LogP contribution in [0.15, 0.2) is 41.0 Å². The highest BCUT2D eigenvalue weighted by Gasteiger charge is 2.15. The van der Waals surface area contributed by atoms with Crippen LogP contribution in [0.25, 0.3) is 0 Å². The molecule has 0 bridgehead atoms. The normalized spacial score (nSPS) is 10.1. The van der Waals surface area contributed by atoms with Crippen LogP contribution in [0.2, 0.25) is 0 Å². The molecule has 0 aliphatic heterocycles. The number of aromatic nitrogens is 1. The van der Waals surface area contributed by atoms with Crippen molar-refractivity contribution in [3.05, 3.63) is 57.7 Å². The largest absolute Gasteiger partial charge is 0.478 e. The zero-order valence-electron chi connectivity index (χ0n) is 10.6. The van der Waals surface area contributed by atoms with Crippen molar-refractivity contribution in [2.75, 3.05) is 5.32 Å². The van der Waals surface area contributed by atoms with E-state index in [2.05, 4.69) is 26.2 Å². The molecule has 6 heteroatoms. The maximum absolute atomic E-state index is 12.1. The number of carboxylic acid groups (broad SMARTS) is 1. The van der Waals surface area contributed by atoms with Gasteiger partial charge in [-0.15, -0.1) is 0 Å². The summed E-state index contributed by atoms with van der Waals surface area (Å²) in [6, 6.07) is 8.16. The summed E-state index contributed by atoms with van der Waals surface area (Å²) in [5.41, 5.74) is 1.37. The standard InChI is InChI=1S/C14H11BrN2O3/c1-8-4-5-9(11(15)7-8)13(18)17-12-10(14(19)20)3-2-6-16-12/h2-7H,1H3,(H,19,20)(H,16,17,18). The van der Waals surface area contributed by atoms with Crippen LogP contribution in [0.1, 0.15) is 26.3 Å². The zero-order chi connectivity index (χ0) is 14.7. The summed E-state index contributed by atoms with van der Waals surface area (Å²) in [5.74, 6) is -1.54. The Morgan fingerprint density at radius 1 is 1.25 bits per heavy atom. The second-order valence-electron chi connectivity index (χ2n) is 4.14. The Kier molecular flexibility index (Phi) is 4.14. The number of hydrogen-bond acceptors (Lipinski definition) is 3. The third-order valence-electron chi connectivity index (χ3n) is 2.64. The van der Waals surface area contributed by atoms with Crippen LogP contribution in [0.3, 0.4) is 0 Å². The van der Waals surface area contributed by atoms with E-state index in [4.69, 9.17) is 5.11 Å². The number of aryl methyl sites for hydroxylation is 1. The molecule has 0 aliphatic carbocycles. The molecule has 1 amide bonds. The summed E-state index contributed by atoms with van der Waals surface area (Å²) in [6.07, 6.45) is 1.42. The SMILES string of the molecule is Cc1ccc(C(=O)Nc2ncccc2C(=O)O)c(Br)c1. The van der Waals surface area contributed by atoms with Crippen molar-refractivity contribution in [3.8, 4) is 0 Å². The van der Waals surface area contributed by atoms with E-state index in [-0.39, 0.29) is 11.4 Å². The highest BCUT2D eigenvalue weighted by atomic mass is 79.9. The zero-order valence-corrected chi connectivity index (χ0v) is 12.1. The van der Waals surface area contributed by atoms with E-state index < -0.39 is 11.9 Å². The lowest BCUT2D eigenvalue weighted by Gasteiger charge is -2.08. The van der Waals surface area contributed by atoms with Gasteiger partial charge in [0.25, 0.3) is 5.91 Å². The van der Waals surface area contributed by atoms with Crippen LogP contribution >= 0.6 is 15.9 Å². The number of hydrogen-bond donors (Lipinski definition) is 2. The number of halogens is 1. The van der Waals surface area contributed by atoms with Crippen molar-refractivity contribution in [1.29, 1.82) is 0 Å². The smallest absolute Gasteiger partial charge is 0.339 e. The maximum atomic E-state index is 12.1. The monoisotopic (exact) mass is 334 g/mol. The highest BCUT2D eigenvalue weighted by Crippen LogP contribution is 2.20. The van der Waals surface area contributed by atoms with Crippen molar-refractivity contribution in [1.82, 2.24) is 4.98 Å². The molecule has 102 valence electrons. The number of nitrogens with zero attached hydrogens (tertiary/aromatic N) is 1. The molecule has 20 heavy (non-hydrogen) atoms. The van der Waals surface area contributed by atoms with Gasteiger partial charge in [0.15, 0.2) is 0 Å². The summed E-state index contributed by atoms with van der Waals surface area (Å²) >= 11 is 3.31. The Bertz CT molecular complexity index is 686. The lowest BCUT2D eigenvalue weighted by molar-refractivity contribution is 0.0697. The molecule has 2 aromatic rings. The van der Waals surface area contributed by atoms with Gasteiger partial charge in [-0.05, 0) is 52.7 Å². The van der Waals surface area contributed by atoms with Gasteiger partial charge in [0, 0.05) is 10.7 Å².